The van der Waals surface area contributed by atoms with Gasteiger partial charge in [-0.2, -0.15) is 0 Å². The highest BCUT2D eigenvalue weighted by atomic mass is 16.5. The lowest BCUT2D eigenvalue weighted by atomic mass is 10.1. The molecule has 10 nitrogen and oxygen atoms in total. The molecule has 154 valence electrons. The summed E-state index contributed by atoms with van der Waals surface area (Å²) in [5.74, 6) is -2.89. The van der Waals surface area contributed by atoms with Gasteiger partial charge in [-0.15, -0.1) is 0 Å². The van der Waals surface area contributed by atoms with Crippen molar-refractivity contribution in [2.75, 3.05) is 14.2 Å². The zero-order valence-electron chi connectivity index (χ0n) is 15.6. The van der Waals surface area contributed by atoms with Crippen LogP contribution in [0.25, 0.3) is 0 Å². The van der Waals surface area contributed by atoms with Crippen molar-refractivity contribution in [3.8, 4) is 11.5 Å². The normalized spacial score (nSPS) is 10.1. The first kappa shape index (κ1) is 22.7. The van der Waals surface area contributed by atoms with Crippen molar-refractivity contribution >= 4 is 23.9 Å². The average molecular weight is 398 g/mol. The van der Waals surface area contributed by atoms with Gasteiger partial charge in [0.15, 0.2) is 0 Å². The molecule has 1 aromatic rings. The van der Waals surface area contributed by atoms with Crippen LogP contribution in [0.5, 0.6) is 11.5 Å². The number of rotatable bonds is 12. The predicted octanol–water partition coefficient (Wildman–Crippen LogP) is 1.52. The maximum atomic E-state index is 11.6. The number of esters is 2. The molecular formula is C18H22O10. The second-order valence-electron chi connectivity index (χ2n) is 5.59. The highest BCUT2D eigenvalue weighted by molar-refractivity contribution is 5.77. The second-order valence-corrected chi connectivity index (χ2v) is 5.59. The monoisotopic (exact) mass is 398 g/mol. The van der Waals surface area contributed by atoms with E-state index in [1.807, 2.05) is 0 Å². The summed E-state index contributed by atoms with van der Waals surface area (Å²) in [5.41, 5.74) is 0.865. The van der Waals surface area contributed by atoms with Gasteiger partial charge in [-0.3, -0.25) is 19.2 Å². The molecule has 0 atom stereocenters. The van der Waals surface area contributed by atoms with Gasteiger partial charge >= 0.3 is 23.9 Å². The van der Waals surface area contributed by atoms with E-state index in [0.29, 0.717) is 22.6 Å². The third kappa shape index (κ3) is 7.94. The number of hydrogen-bond donors (Lipinski definition) is 2. The Morgan fingerprint density at radius 2 is 1.18 bits per heavy atom. The SMILES string of the molecule is COc1cc(COC(=O)CCC(=O)O)c(OC)c(COC(=O)CCC(=O)O)c1. The van der Waals surface area contributed by atoms with E-state index in [1.54, 1.807) is 12.1 Å². The first-order valence-corrected chi connectivity index (χ1v) is 8.25. The summed E-state index contributed by atoms with van der Waals surface area (Å²) in [7, 11) is 2.81. The summed E-state index contributed by atoms with van der Waals surface area (Å²) in [6.07, 6.45) is -1.22. The molecule has 0 unspecified atom stereocenters. The summed E-state index contributed by atoms with van der Waals surface area (Å²) >= 11 is 0. The molecule has 0 aliphatic carbocycles. The van der Waals surface area contributed by atoms with Crippen molar-refractivity contribution in [2.24, 2.45) is 0 Å². The minimum atomic E-state index is -1.11. The molecule has 1 rings (SSSR count). The maximum Gasteiger partial charge on any atom is 0.306 e. The van der Waals surface area contributed by atoms with Gasteiger partial charge < -0.3 is 29.2 Å². The number of hydrogen-bond acceptors (Lipinski definition) is 8. The summed E-state index contributed by atoms with van der Waals surface area (Å²) in [4.78, 5) is 44.3. The molecule has 10 heteroatoms. The van der Waals surface area contributed by atoms with Gasteiger partial charge in [0.25, 0.3) is 0 Å². The summed E-state index contributed by atoms with van der Waals surface area (Å²) in [6, 6.07) is 3.14. The molecule has 0 aliphatic rings. The molecule has 0 fully saturated rings. The van der Waals surface area contributed by atoms with E-state index in [0.717, 1.165) is 0 Å². The van der Waals surface area contributed by atoms with E-state index >= 15 is 0 Å². The smallest absolute Gasteiger partial charge is 0.306 e. The van der Waals surface area contributed by atoms with Crippen LogP contribution < -0.4 is 9.47 Å². The van der Waals surface area contributed by atoms with Gasteiger partial charge in [-0.1, -0.05) is 0 Å². The third-order valence-electron chi connectivity index (χ3n) is 3.52. The Kier molecular flexibility index (Phi) is 9.28. The standard InChI is InChI=1S/C18H22O10/c1-25-13-7-11(9-27-16(23)5-3-14(19)20)18(26-2)12(8-13)10-28-17(24)6-4-15(21)22/h7-8H,3-6,9-10H2,1-2H3,(H,19,20)(H,21,22). The highest BCUT2D eigenvalue weighted by Gasteiger charge is 2.16. The molecule has 0 spiro atoms. The Balaban J connectivity index is 2.85. The van der Waals surface area contributed by atoms with Gasteiger partial charge in [-0.25, -0.2) is 0 Å². The topological polar surface area (TPSA) is 146 Å². The number of carboxylic acid groups (broad SMARTS) is 2. The molecule has 0 amide bonds. The fraction of sp³-hybridized carbons (Fsp3) is 0.444. The van der Waals surface area contributed by atoms with E-state index < -0.39 is 23.9 Å². The molecule has 0 aromatic heterocycles. The minimum Gasteiger partial charge on any atom is -0.497 e. The number of methoxy groups -OCH3 is 2. The van der Waals surface area contributed by atoms with Gasteiger partial charge in [-0.05, 0) is 12.1 Å². The quantitative estimate of drug-likeness (QED) is 0.497. The zero-order valence-corrected chi connectivity index (χ0v) is 15.6. The fourth-order valence-corrected chi connectivity index (χ4v) is 2.20. The molecular weight excluding hydrogens is 376 g/mol. The Morgan fingerprint density at radius 3 is 1.50 bits per heavy atom. The van der Waals surface area contributed by atoms with Crippen LogP contribution in [0.15, 0.2) is 12.1 Å². The molecule has 2 N–H and O–H groups in total. The first-order valence-electron chi connectivity index (χ1n) is 8.25. The van der Waals surface area contributed by atoms with Crippen LogP contribution in [0, 0.1) is 0 Å². The lowest BCUT2D eigenvalue weighted by Crippen LogP contribution is -2.10. The lowest BCUT2D eigenvalue weighted by molar-refractivity contribution is -0.148. The molecule has 0 aliphatic heterocycles. The van der Waals surface area contributed by atoms with Crippen LogP contribution in [-0.4, -0.2) is 48.3 Å². The van der Waals surface area contributed by atoms with Crippen molar-refractivity contribution in [3.05, 3.63) is 23.3 Å². The van der Waals surface area contributed by atoms with Gasteiger partial charge in [0, 0.05) is 11.1 Å². The average Bonchev–Trinajstić information content (AvgIpc) is 2.66. The van der Waals surface area contributed by atoms with Crippen LogP contribution in [0.3, 0.4) is 0 Å². The van der Waals surface area contributed by atoms with Crippen molar-refractivity contribution in [1.29, 1.82) is 0 Å². The Hall–Kier alpha value is -3.30. The molecule has 0 heterocycles. The largest absolute Gasteiger partial charge is 0.497 e. The second kappa shape index (κ2) is 11.4. The van der Waals surface area contributed by atoms with E-state index in [1.165, 1.54) is 14.2 Å². The van der Waals surface area contributed by atoms with Gasteiger partial charge in [0.05, 0.1) is 39.9 Å². The van der Waals surface area contributed by atoms with Crippen molar-refractivity contribution in [3.63, 3.8) is 0 Å². The predicted molar refractivity (Wildman–Crippen MR) is 92.9 cm³/mol. The van der Waals surface area contributed by atoms with Gasteiger partial charge in [0.1, 0.15) is 24.7 Å². The number of aliphatic carboxylic acids is 2. The number of benzene rings is 1. The van der Waals surface area contributed by atoms with E-state index in [4.69, 9.17) is 29.2 Å². The number of carboxylic acids is 2. The lowest BCUT2D eigenvalue weighted by Gasteiger charge is -2.16. The van der Waals surface area contributed by atoms with E-state index in [9.17, 15) is 19.2 Å². The minimum absolute atomic E-state index is 0.196. The zero-order chi connectivity index (χ0) is 21.1. The van der Waals surface area contributed by atoms with Crippen LogP contribution in [0.1, 0.15) is 36.8 Å². The van der Waals surface area contributed by atoms with Crippen LogP contribution in [-0.2, 0) is 41.9 Å². The van der Waals surface area contributed by atoms with Crippen LogP contribution in [0.4, 0.5) is 0 Å². The molecule has 0 radical (unpaired) electrons. The Labute approximate surface area is 160 Å². The number of ether oxygens (including phenoxy) is 4. The maximum absolute atomic E-state index is 11.6. The highest BCUT2D eigenvalue weighted by Crippen LogP contribution is 2.31. The molecule has 1 aromatic carbocycles. The molecule has 0 saturated heterocycles. The Morgan fingerprint density at radius 1 is 0.750 bits per heavy atom. The molecule has 0 bridgehead atoms. The molecule has 28 heavy (non-hydrogen) atoms. The summed E-state index contributed by atoms with van der Waals surface area (Å²) < 4.78 is 20.6. The molecule has 0 saturated carbocycles. The van der Waals surface area contributed by atoms with Crippen molar-refractivity contribution < 1.29 is 48.3 Å². The Bertz CT molecular complexity index is 670. The van der Waals surface area contributed by atoms with Crippen molar-refractivity contribution in [2.45, 2.75) is 38.9 Å². The summed E-state index contributed by atoms with van der Waals surface area (Å²) in [5, 5.41) is 17.2. The van der Waals surface area contributed by atoms with Crippen LogP contribution in [0.2, 0.25) is 0 Å². The summed E-state index contributed by atoms with van der Waals surface area (Å²) in [6.45, 7) is -0.391. The third-order valence-corrected chi connectivity index (χ3v) is 3.52. The fourth-order valence-electron chi connectivity index (χ4n) is 2.20. The number of carbonyl (C=O) groups excluding carboxylic acids is 2. The van der Waals surface area contributed by atoms with Gasteiger partial charge in [0.2, 0.25) is 0 Å². The van der Waals surface area contributed by atoms with Crippen LogP contribution >= 0.6 is 0 Å². The number of carbonyl (C=O) groups is 4. The van der Waals surface area contributed by atoms with E-state index in [-0.39, 0.29) is 38.9 Å². The first-order chi connectivity index (χ1) is 13.3. The van der Waals surface area contributed by atoms with Crippen molar-refractivity contribution in [1.82, 2.24) is 0 Å². The van der Waals surface area contributed by atoms with E-state index in [2.05, 4.69) is 0 Å².